The summed E-state index contributed by atoms with van der Waals surface area (Å²) in [7, 11) is 0. The Kier molecular flexibility index (Phi) is 4.32. The van der Waals surface area contributed by atoms with E-state index in [1.54, 1.807) is 0 Å². The van der Waals surface area contributed by atoms with Crippen molar-refractivity contribution in [2.45, 2.75) is 38.1 Å². The Bertz CT molecular complexity index is 643. The van der Waals surface area contributed by atoms with Gasteiger partial charge in [-0.05, 0) is 30.9 Å². The van der Waals surface area contributed by atoms with Gasteiger partial charge in [-0.15, -0.1) is 0 Å². The number of carbonyl (C=O) groups is 3. The number of rotatable bonds is 4. The highest BCUT2D eigenvalue weighted by atomic mass is 16.4. The van der Waals surface area contributed by atoms with E-state index in [0.29, 0.717) is 25.7 Å². The smallest absolute Gasteiger partial charge is 0.308 e. The molecular formula is C17H20N2O4. The lowest BCUT2D eigenvalue weighted by Gasteiger charge is -2.29. The summed E-state index contributed by atoms with van der Waals surface area (Å²) in [6, 6.07) is 7.23. The van der Waals surface area contributed by atoms with Crippen LogP contribution >= 0.6 is 0 Å². The molecule has 0 spiro atoms. The fourth-order valence-electron chi connectivity index (χ4n) is 3.49. The number of para-hydroxylation sites is 1. The van der Waals surface area contributed by atoms with Crippen molar-refractivity contribution in [3.05, 3.63) is 29.8 Å². The van der Waals surface area contributed by atoms with Gasteiger partial charge in [-0.2, -0.15) is 0 Å². The highest BCUT2D eigenvalue weighted by molar-refractivity contribution is 6.01. The summed E-state index contributed by atoms with van der Waals surface area (Å²) in [6.45, 7) is -0.0569. The van der Waals surface area contributed by atoms with E-state index in [9.17, 15) is 19.5 Å². The average molecular weight is 316 g/mol. The number of nitrogens with zero attached hydrogens (tertiary/aromatic N) is 1. The van der Waals surface area contributed by atoms with Gasteiger partial charge in [-0.1, -0.05) is 24.6 Å². The van der Waals surface area contributed by atoms with Crippen LogP contribution in [0.1, 0.15) is 31.2 Å². The summed E-state index contributed by atoms with van der Waals surface area (Å²) in [4.78, 5) is 37.1. The van der Waals surface area contributed by atoms with Crippen molar-refractivity contribution in [3.63, 3.8) is 0 Å². The molecule has 2 amide bonds. The van der Waals surface area contributed by atoms with Crippen LogP contribution in [0.25, 0.3) is 0 Å². The molecule has 2 aliphatic rings. The van der Waals surface area contributed by atoms with E-state index in [4.69, 9.17) is 0 Å². The van der Waals surface area contributed by atoms with Gasteiger partial charge in [0.15, 0.2) is 0 Å². The predicted molar refractivity (Wildman–Crippen MR) is 84.0 cm³/mol. The topological polar surface area (TPSA) is 86.7 Å². The molecule has 3 rings (SSSR count). The van der Waals surface area contributed by atoms with Crippen molar-refractivity contribution < 1.29 is 19.5 Å². The highest BCUT2D eigenvalue weighted by Crippen LogP contribution is 2.28. The number of aryl methyl sites for hydroxylation is 1. The molecule has 1 aromatic carbocycles. The third-order valence-corrected chi connectivity index (χ3v) is 4.67. The summed E-state index contributed by atoms with van der Waals surface area (Å²) in [5, 5.41) is 12.0. The van der Waals surface area contributed by atoms with E-state index in [-0.39, 0.29) is 24.4 Å². The molecule has 1 aromatic rings. The van der Waals surface area contributed by atoms with Gasteiger partial charge in [0.1, 0.15) is 6.54 Å². The molecule has 0 unspecified atom stereocenters. The van der Waals surface area contributed by atoms with Crippen LogP contribution in [0.3, 0.4) is 0 Å². The number of benzene rings is 1. The number of anilines is 1. The molecule has 6 heteroatoms. The SMILES string of the molecule is O=C(CN1C(=O)CCc2ccccc21)N[C@H]1CCC[C@H]1C(=O)O. The van der Waals surface area contributed by atoms with Gasteiger partial charge in [-0.25, -0.2) is 0 Å². The number of carboxylic acids is 1. The maximum atomic E-state index is 12.3. The third-order valence-electron chi connectivity index (χ3n) is 4.67. The van der Waals surface area contributed by atoms with Gasteiger partial charge in [0, 0.05) is 18.2 Å². The van der Waals surface area contributed by atoms with Gasteiger partial charge in [0.05, 0.1) is 5.92 Å². The minimum absolute atomic E-state index is 0.0569. The highest BCUT2D eigenvalue weighted by Gasteiger charge is 2.34. The third kappa shape index (κ3) is 3.21. The van der Waals surface area contributed by atoms with Crippen molar-refractivity contribution in [2.75, 3.05) is 11.4 Å². The number of aliphatic carboxylic acids is 1. The summed E-state index contributed by atoms with van der Waals surface area (Å²) in [5.41, 5.74) is 1.84. The molecule has 23 heavy (non-hydrogen) atoms. The number of nitrogens with one attached hydrogen (secondary N) is 1. The molecule has 1 fully saturated rings. The number of carboxylic acid groups (broad SMARTS) is 1. The second kappa shape index (κ2) is 6.40. The minimum Gasteiger partial charge on any atom is -0.481 e. The monoisotopic (exact) mass is 316 g/mol. The summed E-state index contributed by atoms with van der Waals surface area (Å²) in [5.74, 6) is -1.76. The molecule has 1 aliphatic carbocycles. The van der Waals surface area contributed by atoms with Crippen LogP contribution in [0, 0.1) is 5.92 Å². The predicted octanol–water partition coefficient (Wildman–Crippen LogP) is 1.34. The van der Waals surface area contributed by atoms with E-state index in [0.717, 1.165) is 17.7 Å². The molecule has 0 aromatic heterocycles. The van der Waals surface area contributed by atoms with Crippen LogP contribution in [0.15, 0.2) is 24.3 Å². The Hall–Kier alpha value is -2.37. The van der Waals surface area contributed by atoms with Crippen molar-refractivity contribution in [1.29, 1.82) is 0 Å². The Labute approximate surface area is 134 Å². The summed E-state index contributed by atoms with van der Waals surface area (Å²) >= 11 is 0. The maximum Gasteiger partial charge on any atom is 0.308 e. The normalized spacial score (nSPS) is 23.5. The van der Waals surface area contributed by atoms with Gasteiger partial charge < -0.3 is 15.3 Å². The van der Waals surface area contributed by atoms with E-state index < -0.39 is 11.9 Å². The molecule has 0 bridgehead atoms. The van der Waals surface area contributed by atoms with Crippen LogP contribution in [-0.4, -0.2) is 35.5 Å². The Balaban J connectivity index is 1.68. The molecule has 2 N–H and O–H groups in total. The zero-order chi connectivity index (χ0) is 16.4. The van der Waals surface area contributed by atoms with Crippen molar-refractivity contribution in [1.82, 2.24) is 5.32 Å². The Morgan fingerprint density at radius 1 is 1.22 bits per heavy atom. The standard InChI is InChI=1S/C17H20N2O4/c20-15(18-13-6-3-5-12(13)17(22)23)10-19-14-7-2-1-4-11(14)8-9-16(19)21/h1-2,4,7,12-13H,3,5-6,8-10H2,(H,18,20)(H,22,23)/t12-,13+/m1/s1. The number of hydrogen-bond acceptors (Lipinski definition) is 3. The van der Waals surface area contributed by atoms with Crippen LogP contribution in [0.2, 0.25) is 0 Å². The fourth-order valence-corrected chi connectivity index (χ4v) is 3.49. The number of carbonyl (C=O) groups excluding carboxylic acids is 2. The van der Waals surface area contributed by atoms with E-state index in [1.807, 2.05) is 24.3 Å². The molecule has 1 aliphatic heterocycles. The number of fused-ring (bicyclic) bond motifs is 1. The second-order valence-electron chi connectivity index (χ2n) is 6.16. The molecular weight excluding hydrogens is 296 g/mol. The van der Waals surface area contributed by atoms with E-state index >= 15 is 0 Å². The van der Waals surface area contributed by atoms with Gasteiger partial charge >= 0.3 is 5.97 Å². The van der Waals surface area contributed by atoms with Gasteiger partial charge in [0.25, 0.3) is 0 Å². The lowest BCUT2D eigenvalue weighted by molar-refractivity contribution is -0.142. The molecule has 0 radical (unpaired) electrons. The van der Waals surface area contributed by atoms with E-state index in [2.05, 4.69) is 5.32 Å². The van der Waals surface area contributed by atoms with E-state index in [1.165, 1.54) is 4.90 Å². The molecule has 1 saturated carbocycles. The molecule has 0 saturated heterocycles. The van der Waals surface area contributed by atoms with Crippen LogP contribution in [0.4, 0.5) is 5.69 Å². The largest absolute Gasteiger partial charge is 0.481 e. The Morgan fingerprint density at radius 2 is 2.00 bits per heavy atom. The number of hydrogen-bond donors (Lipinski definition) is 2. The Morgan fingerprint density at radius 3 is 2.78 bits per heavy atom. The molecule has 2 atom stereocenters. The maximum absolute atomic E-state index is 12.3. The van der Waals surface area contributed by atoms with Gasteiger partial charge in [0.2, 0.25) is 11.8 Å². The minimum atomic E-state index is -0.868. The van der Waals surface area contributed by atoms with Crippen LogP contribution in [0.5, 0.6) is 0 Å². The first-order valence-electron chi connectivity index (χ1n) is 7.96. The van der Waals surface area contributed by atoms with Crippen LogP contribution in [-0.2, 0) is 20.8 Å². The van der Waals surface area contributed by atoms with Crippen molar-refractivity contribution in [2.24, 2.45) is 5.92 Å². The zero-order valence-corrected chi connectivity index (χ0v) is 12.8. The molecule has 1 heterocycles. The number of amides is 2. The molecule has 122 valence electrons. The zero-order valence-electron chi connectivity index (χ0n) is 12.8. The fraction of sp³-hybridized carbons (Fsp3) is 0.471. The lowest BCUT2D eigenvalue weighted by atomic mass is 10.0. The first-order valence-corrected chi connectivity index (χ1v) is 7.96. The lowest BCUT2D eigenvalue weighted by Crippen LogP contribution is -2.47. The second-order valence-corrected chi connectivity index (χ2v) is 6.16. The average Bonchev–Trinajstić information content (AvgIpc) is 2.98. The van der Waals surface area contributed by atoms with Crippen LogP contribution < -0.4 is 10.2 Å². The van der Waals surface area contributed by atoms with Crippen molar-refractivity contribution in [3.8, 4) is 0 Å². The van der Waals surface area contributed by atoms with Gasteiger partial charge in [-0.3, -0.25) is 14.4 Å². The van der Waals surface area contributed by atoms with Crippen molar-refractivity contribution >= 4 is 23.5 Å². The first-order chi connectivity index (χ1) is 11.1. The summed E-state index contributed by atoms with van der Waals surface area (Å²) in [6.07, 6.45) is 3.15. The summed E-state index contributed by atoms with van der Waals surface area (Å²) < 4.78 is 0. The molecule has 6 nitrogen and oxygen atoms in total. The quantitative estimate of drug-likeness (QED) is 0.877. The first kappa shape index (κ1) is 15.5.